The van der Waals surface area contributed by atoms with E-state index in [1.807, 2.05) is 12.2 Å². The molecule has 0 aliphatic rings. The van der Waals surface area contributed by atoms with Gasteiger partial charge >= 0.3 is 0 Å². The van der Waals surface area contributed by atoms with Crippen molar-refractivity contribution in [1.82, 2.24) is 0 Å². The molecule has 0 heteroatoms. The number of rotatable bonds is 5. The molecule has 0 heterocycles. The highest BCUT2D eigenvalue weighted by Crippen LogP contribution is 2.18. The predicted octanol–water partition coefficient (Wildman–Crippen LogP) is 3.41. The molecule has 0 amide bonds. The van der Waals surface area contributed by atoms with E-state index in [2.05, 4.69) is 27.0 Å². The van der Waals surface area contributed by atoms with Gasteiger partial charge in [0, 0.05) is 0 Å². The second-order valence-electron chi connectivity index (χ2n) is 3.00. The maximum absolute atomic E-state index is 3.72. The Hall–Kier alpha value is -0.520. The third kappa shape index (κ3) is 3.49. The third-order valence-corrected chi connectivity index (χ3v) is 2.05. The molecule has 0 radical (unpaired) electrons. The van der Waals surface area contributed by atoms with Crippen molar-refractivity contribution in [2.45, 2.75) is 26.7 Å². The minimum Gasteiger partial charge on any atom is -0.103 e. The van der Waals surface area contributed by atoms with Crippen LogP contribution in [0, 0.1) is 11.8 Å². The number of hydrogen-bond acceptors (Lipinski definition) is 0. The smallest absolute Gasteiger partial charge is 0.0325 e. The van der Waals surface area contributed by atoms with Crippen molar-refractivity contribution in [3.05, 3.63) is 25.3 Å². The highest BCUT2D eigenvalue weighted by atomic mass is 14.1. The first kappa shape index (κ1) is 9.48. The van der Waals surface area contributed by atoms with Gasteiger partial charge in [-0.15, -0.1) is 13.2 Å². The molecule has 2 atom stereocenters. The molecule has 0 saturated heterocycles. The zero-order chi connectivity index (χ0) is 7.98. The summed E-state index contributed by atoms with van der Waals surface area (Å²) in [5.41, 5.74) is 0. The Morgan fingerprint density at radius 1 is 1.00 bits per heavy atom. The fourth-order valence-corrected chi connectivity index (χ4v) is 0.990. The van der Waals surface area contributed by atoms with Crippen LogP contribution in [-0.2, 0) is 0 Å². The molecule has 0 spiro atoms. The molecular formula is C10H18. The van der Waals surface area contributed by atoms with Gasteiger partial charge in [0.1, 0.15) is 0 Å². The molecule has 0 saturated carbocycles. The molecule has 0 fully saturated rings. The van der Waals surface area contributed by atoms with Gasteiger partial charge in [-0.2, -0.15) is 0 Å². The second kappa shape index (κ2) is 5.28. The van der Waals surface area contributed by atoms with E-state index in [0.717, 1.165) is 24.7 Å². The Balaban J connectivity index is 3.56. The summed E-state index contributed by atoms with van der Waals surface area (Å²) >= 11 is 0. The Kier molecular flexibility index (Phi) is 5.00. The average molecular weight is 138 g/mol. The molecule has 0 nitrogen and oxygen atoms in total. The minimum atomic E-state index is 0.746. The summed E-state index contributed by atoms with van der Waals surface area (Å²) in [5, 5.41) is 0. The third-order valence-electron chi connectivity index (χ3n) is 2.05. The molecule has 0 rings (SSSR count). The van der Waals surface area contributed by atoms with Crippen LogP contribution in [0.3, 0.4) is 0 Å². The van der Waals surface area contributed by atoms with Crippen molar-refractivity contribution in [3.63, 3.8) is 0 Å². The fourth-order valence-electron chi connectivity index (χ4n) is 0.990. The summed E-state index contributed by atoms with van der Waals surface area (Å²) in [7, 11) is 0. The highest BCUT2D eigenvalue weighted by molar-refractivity contribution is 4.78. The molecule has 0 aliphatic heterocycles. The molecule has 58 valence electrons. The molecule has 0 aromatic rings. The quantitative estimate of drug-likeness (QED) is 0.511. The van der Waals surface area contributed by atoms with Crippen molar-refractivity contribution in [2.75, 3.05) is 0 Å². The maximum Gasteiger partial charge on any atom is -0.0325 e. The van der Waals surface area contributed by atoms with Crippen LogP contribution in [0.2, 0.25) is 0 Å². The standard InChI is InChI=1S/C10H18/c1-5-7-9(3)10(4)8-6-2/h5-6,9-10H,1-2,7-8H2,3-4H3/t9-,10-/m1/s1. The molecule has 0 aliphatic carbocycles. The Labute approximate surface area is 64.6 Å². The summed E-state index contributed by atoms with van der Waals surface area (Å²) in [4.78, 5) is 0. The van der Waals surface area contributed by atoms with E-state index in [0.29, 0.717) is 0 Å². The van der Waals surface area contributed by atoms with Gasteiger partial charge < -0.3 is 0 Å². The molecule has 0 aromatic carbocycles. The van der Waals surface area contributed by atoms with Crippen LogP contribution in [0.25, 0.3) is 0 Å². The molecule has 10 heavy (non-hydrogen) atoms. The Morgan fingerprint density at radius 2 is 1.30 bits per heavy atom. The van der Waals surface area contributed by atoms with Gasteiger partial charge in [-0.1, -0.05) is 26.0 Å². The molecule has 0 aromatic heterocycles. The number of allylic oxidation sites excluding steroid dienone is 2. The van der Waals surface area contributed by atoms with Gasteiger partial charge in [-0.25, -0.2) is 0 Å². The molecule has 0 unspecified atom stereocenters. The lowest BCUT2D eigenvalue weighted by Gasteiger charge is -2.15. The van der Waals surface area contributed by atoms with Gasteiger partial charge in [0.05, 0.1) is 0 Å². The molecule has 0 N–H and O–H groups in total. The second-order valence-corrected chi connectivity index (χ2v) is 3.00. The van der Waals surface area contributed by atoms with Gasteiger partial charge in [0.2, 0.25) is 0 Å². The Morgan fingerprint density at radius 3 is 1.50 bits per heavy atom. The van der Waals surface area contributed by atoms with Gasteiger partial charge in [-0.3, -0.25) is 0 Å². The van der Waals surface area contributed by atoms with Gasteiger partial charge in [-0.05, 0) is 24.7 Å². The van der Waals surface area contributed by atoms with Crippen LogP contribution in [0.1, 0.15) is 26.7 Å². The Bertz CT molecular complexity index is 88.6. The monoisotopic (exact) mass is 138 g/mol. The van der Waals surface area contributed by atoms with Crippen molar-refractivity contribution in [2.24, 2.45) is 11.8 Å². The zero-order valence-electron chi connectivity index (χ0n) is 7.14. The van der Waals surface area contributed by atoms with E-state index in [4.69, 9.17) is 0 Å². The highest BCUT2D eigenvalue weighted by Gasteiger charge is 2.07. The first-order chi connectivity index (χ1) is 4.72. The normalized spacial score (nSPS) is 15.8. The molecular weight excluding hydrogens is 120 g/mol. The van der Waals surface area contributed by atoms with Crippen molar-refractivity contribution in [3.8, 4) is 0 Å². The van der Waals surface area contributed by atoms with Crippen LogP contribution in [0.4, 0.5) is 0 Å². The summed E-state index contributed by atoms with van der Waals surface area (Å²) in [6, 6.07) is 0. The topological polar surface area (TPSA) is 0 Å². The SMILES string of the molecule is C=CC[C@@H](C)[C@H](C)CC=C. The first-order valence-corrected chi connectivity index (χ1v) is 3.94. The van der Waals surface area contributed by atoms with E-state index in [-0.39, 0.29) is 0 Å². The first-order valence-electron chi connectivity index (χ1n) is 3.94. The van der Waals surface area contributed by atoms with Crippen molar-refractivity contribution >= 4 is 0 Å². The summed E-state index contributed by atoms with van der Waals surface area (Å²) in [6.07, 6.45) is 6.22. The van der Waals surface area contributed by atoms with Crippen LogP contribution in [-0.4, -0.2) is 0 Å². The zero-order valence-corrected chi connectivity index (χ0v) is 7.14. The van der Waals surface area contributed by atoms with Crippen LogP contribution < -0.4 is 0 Å². The van der Waals surface area contributed by atoms with Crippen LogP contribution in [0.5, 0.6) is 0 Å². The van der Waals surface area contributed by atoms with E-state index in [1.54, 1.807) is 0 Å². The summed E-state index contributed by atoms with van der Waals surface area (Å²) < 4.78 is 0. The number of hydrogen-bond donors (Lipinski definition) is 0. The lowest BCUT2D eigenvalue weighted by atomic mass is 9.90. The van der Waals surface area contributed by atoms with E-state index in [9.17, 15) is 0 Å². The van der Waals surface area contributed by atoms with E-state index < -0.39 is 0 Å². The van der Waals surface area contributed by atoms with Gasteiger partial charge in [0.25, 0.3) is 0 Å². The van der Waals surface area contributed by atoms with Crippen molar-refractivity contribution in [1.29, 1.82) is 0 Å². The van der Waals surface area contributed by atoms with E-state index in [1.165, 1.54) is 0 Å². The van der Waals surface area contributed by atoms with Crippen LogP contribution in [0.15, 0.2) is 25.3 Å². The predicted molar refractivity (Wildman–Crippen MR) is 48.0 cm³/mol. The fraction of sp³-hybridized carbons (Fsp3) is 0.600. The minimum absolute atomic E-state index is 0.746. The average Bonchev–Trinajstić information content (AvgIpc) is 1.89. The van der Waals surface area contributed by atoms with Crippen LogP contribution >= 0.6 is 0 Å². The maximum atomic E-state index is 3.72. The molecule has 0 bridgehead atoms. The lowest BCUT2D eigenvalue weighted by Crippen LogP contribution is -2.05. The summed E-state index contributed by atoms with van der Waals surface area (Å²) in [5.74, 6) is 1.49. The van der Waals surface area contributed by atoms with E-state index >= 15 is 0 Å². The van der Waals surface area contributed by atoms with Gasteiger partial charge in [0.15, 0.2) is 0 Å². The summed E-state index contributed by atoms with van der Waals surface area (Å²) in [6.45, 7) is 12.0. The largest absolute Gasteiger partial charge is 0.103 e. The van der Waals surface area contributed by atoms with Crippen molar-refractivity contribution < 1.29 is 0 Å². The lowest BCUT2D eigenvalue weighted by molar-refractivity contribution is 0.395.